The van der Waals surface area contributed by atoms with E-state index in [0.29, 0.717) is 17.7 Å². The molecule has 0 aliphatic carbocycles. The summed E-state index contributed by atoms with van der Waals surface area (Å²) in [5, 5.41) is 9.03. The van der Waals surface area contributed by atoms with Gasteiger partial charge in [-0.15, -0.1) is 0 Å². The highest BCUT2D eigenvalue weighted by atomic mass is 32.2. The number of hydrogen-bond donors (Lipinski definition) is 3. The molecule has 0 aromatic carbocycles. The molecule has 2 aliphatic heterocycles. The molecule has 2 fully saturated rings. The van der Waals surface area contributed by atoms with Crippen molar-refractivity contribution >= 4 is 23.7 Å². The fourth-order valence-corrected chi connectivity index (χ4v) is 3.94. The molecule has 0 bridgehead atoms. The van der Waals surface area contributed by atoms with Gasteiger partial charge in [-0.05, 0) is 12.8 Å². The third-order valence-electron chi connectivity index (χ3n) is 3.36. The van der Waals surface area contributed by atoms with Gasteiger partial charge in [-0.3, -0.25) is 4.79 Å². The largest absolute Gasteiger partial charge is 0.359 e. The van der Waals surface area contributed by atoms with Crippen molar-refractivity contribution in [3.8, 4) is 0 Å². The maximum atomic E-state index is 11.2. The van der Waals surface area contributed by atoms with Crippen molar-refractivity contribution < 1.29 is 9.59 Å². The standard InChI is InChI=1S/C11H19N3O2S/c1-12-9(15)5-3-2-4-8-10-7(6-17-8)13-11(16)14-10/h7-8,10H,2-6H2,1H3,(H,12,15)(H2,13,14,16)/t7?,8?,10-/m1/s1. The van der Waals surface area contributed by atoms with Crippen molar-refractivity contribution in [1.82, 2.24) is 16.0 Å². The number of urea groups is 1. The molecule has 2 saturated heterocycles. The second-order valence-corrected chi connectivity index (χ2v) is 5.81. The van der Waals surface area contributed by atoms with Crippen LogP contribution in [-0.4, -0.2) is 42.1 Å². The van der Waals surface area contributed by atoms with E-state index >= 15 is 0 Å². The lowest BCUT2D eigenvalue weighted by Crippen LogP contribution is -2.36. The molecule has 96 valence electrons. The van der Waals surface area contributed by atoms with E-state index < -0.39 is 0 Å². The van der Waals surface area contributed by atoms with Gasteiger partial charge >= 0.3 is 6.03 Å². The first-order chi connectivity index (χ1) is 8.20. The van der Waals surface area contributed by atoms with Gasteiger partial charge in [0.15, 0.2) is 0 Å². The van der Waals surface area contributed by atoms with Gasteiger partial charge in [-0.2, -0.15) is 11.8 Å². The van der Waals surface area contributed by atoms with Crippen LogP contribution in [0.1, 0.15) is 25.7 Å². The van der Waals surface area contributed by atoms with Crippen LogP contribution in [0.3, 0.4) is 0 Å². The molecule has 6 heteroatoms. The van der Waals surface area contributed by atoms with Gasteiger partial charge < -0.3 is 16.0 Å². The van der Waals surface area contributed by atoms with Crippen LogP contribution in [0, 0.1) is 0 Å². The first-order valence-electron chi connectivity index (χ1n) is 6.10. The van der Waals surface area contributed by atoms with Crippen molar-refractivity contribution in [1.29, 1.82) is 0 Å². The fourth-order valence-electron chi connectivity index (χ4n) is 2.40. The predicted octanol–water partition coefficient (Wildman–Crippen LogP) is 0.458. The van der Waals surface area contributed by atoms with E-state index in [0.717, 1.165) is 25.0 Å². The van der Waals surface area contributed by atoms with E-state index in [1.807, 2.05) is 11.8 Å². The van der Waals surface area contributed by atoms with Crippen LogP contribution < -0.4 is 16.0 Å². The molecule has 17 heavy (non-hydrogen) atoms. The zero-order valence-electron chi connectivity index (χ0n) is 9.99. The highest BCUT2D eigenvalue weighted by Gasteiger charge is 2.42. The molecule has 0 aromatic rings. The quantitative estimate of drug-likeness (QED) is 0.495. The van der Waals surface area contributed by atoms with Crippen molar-refractivity contribution in [2.24, 2.45) is 0 Å². The Kier molecular flexibility index (Phi) is 4.15. The molecule has 3 N–H and O–H groups in total. The first kappa shape index (κ1) is 12.5. The Labute approximate surface area is 105 Å². The number of carbonyl (C=O) groups is 2. The summed E-state index contributed by atoms with van der Waals surface area (Å²) in [6, 6.07) is 0.555. The third-order valence-corrected chi connectivity index (χ3v) is 4.87. The van der Waals surface area contributed by atoms with E-state index in [1.165, 1.54) is 0 Å². The van der Waals surface area contributed by atoms with Gasteiger partial charge in [0.1, 0.15) is 0 Å². The molecule has 2 rings (SSSR count). The predicted molar refractivity (Wildman–Crippen MR) is 68.0 cm³/mol. The number of unbranched alkanes of at least 4 members (excludes halogenated alkanes) is 1. The van der Waals surface area contributed by atoms with Crippen LogP contribution in [-0.2, 0) is 4.79 Å². The summed E-state index contributed by atoms with van der Waals surface area (Å²) in [6.07, 6.45) is 3.65. The average Bonchev–Trinajstić information content (AvgIpc) is 2.84. The zero-order valence-corrected chi connectivity index (χ0v) is 10.8. The van der Waals surface area contributed by atoms with Crippen LogP contribution in [0.25, 0.3) is 0 Å². The molecule has 5 nitrogen and oxygen atoms in total. The van der Waals surface area contributed by atoms with Crippen molar-refractivity contribution in [2.45, 2.75) is 43.0 Å². The van der Waals surface area contributed by atoms with Crippen LogP contribution >= 0.6 is 11.8 Å². The Morgan fingerprint density at radius 1 is 1.47 bits per heavy atom. The van der Waals surface area contributed by atoms with E-state index in [4.69, 9.17) is 0 Å². The van der Waals surface area contributed by atoms with Gasteiger partial charge in [0.05, 0.1) is 12.1 Å². The van der Waals surface area contributed by atoms with Gasteiger partial charge in [-0.25, -0.2) is 4.79 Å². The maximum Gasteiger partial charge on any atom is 0.315 e. The Balaban J connectivity index is 1.66. The van der Waals surface area contributed by atoms with Crippen molar-refractivity contribution in [3.05, 3.63) is 0 Å². The van der Waals surface area contributed by atoms with Crippen LogP contribution in [0.15, 0.2) is 0 Å². The first-order valence-corrected chi connectivity index (χ1v) is 7.15. The zero-order chi connectivity index (χ0) is 12.3. The summed E-state index contributed by atoms with van der Waals surface area (Å²) < 4.78 is 0. The number of carbonyl (C=O) groups excluding carboxylic acids is 2. The molecule has 3 atom stereocenters. The lowest BCUT2D eigenvalue weighted by atomic mass is 10.0. The summed E-state index contributed by atoms with van der Waals surface area (Å²) >= 11 is 1.92. The van der Waals surface area contributed by atoms with E-state index in [-0.39, 0.29) is 18.0 Å². The van der Waals surface area contributed by atoms with E-state index in [9.17, 15) is 9.59 Å². The van der Waals surface area contributed by atoms with E-state index in [2.05, 4.69) is 16.0 Å². The number of hydrogen-bond acceptors (Lipinski definition) is 3. The highest BCUT2D eigenvalue weighted by molar-refractivity contribution is 8.00. The minimum absolute atomic E-state index is 0.0318. The molecule has 0 radical (unpaired) electrons. The van der Waals surface area contributed by atoms with Gasteiger partial charge in [0.25, 0.3) is 0 Å². The molecule has 0 spiro atoms. The Morgan fingerprint density at radius 3 is 3.06 bits per heavy atom. The number of rotatable bonds is 5. The summed E-state index contributed by atoms with van der Waals surface area (Å²) in [7, 11) is 1.67. The minimum Gasteiger partial charge on any atom is -0.359 e. The van der Waals surface area contributed by atoms with Gasteiger partial charge in [0, 0.05) is 24.5 Å². The summed E-state index contributed by atoms with van der Waals surface area (Å²) in [5.41, 5.74) is 0. The van der Waals surface area contributed by atoms with Crippen LogP contribution in [0.2, 0.25) is 0 Å². The van der Waals surface area contributed by atoms with Crippen LogP contribution in [0.5, 0.6) is 0 Å². The van der Waals surface area contributed by atoms with Gasteiger partial charge in [0.2, 0.25) is 5.91 Å². The normalized spacial score (nSPS) is 30.6. The highest BCUT2D eigenvalue weighted by Crippen LogP contribution is 2.33. The van der Waals surface area contributed by atoms with Crippen molar-refractivity contribution in [3.63, 3.8) is 0 Å². The second-order valence-electron chi connectivity index (χ2n) is 4.54. The molecular formula is C11H19N3O2S. The minimum atomic E-state index is -0.0318. The molecule has 2 unspecified atom stereocenters. The SMILES string of the molecule is CNC(=O)CCCCC1SCC2NC(=O)N[C@H]21. The number of thioether (sulfide) groups is 1. The molecule has 2 heterocycles. The fraction of sp³-hybridized carbons (Fsp3) is 0.818. The number of nitrogens with one attached hydrogen (secondary N) is 3. The van der Waals surface area contributed by atoms with Crippen molar-refractivity contribution in [2.75, 3.05) is 12.8 Å². The monoisotopic (exact) mass is 257 g/mol. The molecule has 3 amide bonds. The average molecular weight is 257 g/mol. The van der Waals surface area contributed by atoms with Gasteiger partial charge in [-0.1, -0.05) is 6.42 Å². The molecule has 2 aliphatic rings. The third kappa shape index (κ3) is 3.06. The summed E-state index contributed by atoms with van der Waals surface area (Å²) in [5.74, 6) is 1.11. The topological polar surface area (TPSA) is 70.2 Å². The second kappa shape index (κ2) is 5.62. The molecule has 0 saturated carbocycles. The number of fused-ring (bicyclic) bond motifs is 1. The smallest absolute Gasteiger partial charge is 0.315 e. The number of amides is 3. The maximum absolute atomic E-state index is 11.2. The lowest BCUT2D eigenvalue weighted by Gasteiger charge is -2.16. The Morgan fingerprint density at radius 2 is 2.29 bits per heavy atom. The molecular weight excluding hydrogens is 238 g/mol. The van der Waals surface area contributed by atoms with E-state index in [1.54, 1.807) is 7.05 Å². The summed E-state index contributed by atoms with van der Waals surface area (Å²) in [4.78, 5) is 22.2. The Bertz CT molecular complexity index is 311. The summed E-state index contributed by atoms with van der Waals surface area (Å²) in [6.45, 7) is 0. The Hall–Kier alpha value is -0.910. The van der Waals surface area contributed by atoms with Crippen LogP contribution in [0.4, 0.5) is 4.79 Å². The molecule has 0 aromatic heterocycles. The lowest BCUT2D eigenvalue weighted by molar-refractivity contribution is -0.120.